The Balaban J connectivity index is 0.000000647. The number of Topliss-reactive ketones (excluding diaryl/α,β-unsaturated/α-hetero) is 1. The maximum absolute atomic E-state index is 11.5. The third-order valence-corrected chi connectivity index (χ3v) is 4.64. The topological polar surface area (TPSA) is 75.0 Å². The first kappa shape index (κ1) is 18.6. The Bertz CT molecular complexity index is 572. The number of ketones is 1. The highest BCUT2D eigenvalue weighted by atomic mass is 16.5. The number of fused-ring (bicyclic) bond motifs is 3. The summed E-state index contributed by atoms with van der Waals surface area (Å²) in [6, 6.07) is 2.47. The first-order valence-electron chi connectivity index (χ1n) is 8.19. The Hall–Kier alpha value is -1.70. The lowest BCUT2D eigenvalue weighted by Crippen LogP contribution is -2.42. The van der Waals surface area contributed by atoms with Crippen molar-refractivity contribution in [3.63, 3.8) is 0 Å². The standard InChI is InChI=1S/C16H25N3O2.CH2O2/c1-12(20)14-4-15(18(3)7-14)9-19-6-13-5-17(2)8-16(19)11-21-10-13;2-1-3/h4,7,13,16H,5-6,8-11H2,1-3H3;1H,(H,2,3)/t13-,16-;/m0./s1. The van der Waals surface area contributed by atoms with E-state index in [-0.39, 0.29) is 12.3 Å². The number of carbonyl (C=O) groups excluding carboxylic acids is 1. The zero-order valence-electron chi connectivity index (χ0n) is 14.6. The van der Waals surface area contributed by atoms with E-state index < -0.39 is 0 Å². The Morgan fingerprint density at radius 1 is 1.33 bits per heavy atom. The van der Waals surface area contributed by atoms with E-state index in [1.54, 1.807) is 6.92 Å². The summed E-state index contributed by atoms with van der Waals surface area (Å²) in [4.78, 5) is 24.8. The largest absolute Gasteiger partial charge is 0.483 e. The van der Waals surface area contributed by atoms with Crippen LogP contribution in [0.25, 0.3) is 0 Å². The second kappa shape index (κ2) is 8.41. The number of likely N-dealkylation sites (N-methyl/N-ethyl adjacent to an activating group) is 1. The molecule has 0 unspecified atom stereocenters. The summed E-state index contributed by atoms with van der Waals surface area (Å²) >= 11 is 0. The van der Waals surface area contributed by atoms with Crippen LogP contribution in [0.1, 0.15) is 23.0 Å². The minimum Gasteiger partial charge on any atom is -0.483 e. The Morgan fingerprint density at radius 2 is 2.04 bits per heavy atom. The molecule has 2 fully saturated rings. The van der Waals surface area contributed by atoms with E-state index in [4.69, 9.17) is 14.6 Å². The van der Waals surface area contributed by atoms with Gasteiger partial charge in [0, 0.05) is 62.6 Å². The molecule has 0 saturated carbocycles. The van der Waals surface area contributed by atoms with Crippen molar-refractivity contribution < 1.29 is 19.4 Å². The van der Waals surface area contributed by atoms with Gasteiger partial charge in [-0.05, 0) is 20.0 Å². The van der Waals surface area contributed by atoms with Crippen LogP contribution in [0.5, 0.6) is 0 Å². The molecule has 1 aromatic heterocycles. The van der Waals surface area contributed by atoms with Crippen molar-refractivity contribution in [2.24, 2.45) is 13.0 Å². The summed E-state index contributed by atoms with van der Waals surface area (Å²) in [5.41, 5.74) is 2.01. The lowest BCUT2D eigenvalue weighted by Gasteiger charge is -2.29. The third-order valence-electron chi connectivity index (χ3n) is 4.64. The Labute approximate surface area is 142 Å². The van der Waals surface area contributed by atoms with Crippen LogP contribution in [0.2, 0.25) is 0 Å². The average Bonchev–Trinajstić information content (AvgIpc) is 2.66. The van der Waals surface area contributed by atoms with Gasteiger partial charge in [0.05, 0.1) is 13.2 Å². The van der Waals surface area contributed by atoms with Crippen molar-refractivity contribution in [2.45, 2.75) is 19.5 Å². The number of aryl methyl sites for hydroxylation is 1. The Kier molecular flexibility index (Phi) is 6.53. The molecule has 0 aliphatic carbocycles. The molecule has 2 bridgehead atoms. The highest BCUT2D eigenvalue weighted by molar-refractivity contribution is 5.94. The molecule has 3 rings (SSSR count). The Morgan fingerprint density at radius 3 is 2.67 bits per heavy atom. The van der Waals surface area contributed by atoms with E-state index in [1.165, 1.54) is 5.69 Å². The average molecular weight is 337 g/mol. The van der Waals surface area contributed by atoms with Crippen molar-refractivity contribution in [3.05, 3.63) is 23.5 Å². The van der Waals surface area contributed by atoms with Crippen LogP contribution in [0.4, 0.5) is 0 Å². The van der Waals surface area contributed by atoms with Gasteiger partial charge >= 0.3 is 0 Å². The van der Waals surface area contributed by atoms with Gasteiger partial charge in [-0.3, -0.25) is 14.5 Å². The molecule has 3 heterocycles. The number of rotatable bonds is 3. The first-order valence-corrected chi connectivity index (χ1v) is 8.19. The van der Waals surface area contributed by atoms with E-state index >= 15 is 0 Å². The summed E-state index contributed by atoms with van der Waals surface area (Å²) in [6.45, 7) is 7.19. The molecule has 1 aromatic rings. The smallest absolute Gasteiger partial charge is 0.290 e. The van der Waals surface area contributed by atoms with Crippen LogP contribution in [0, 0.1) is 5.92 Å². The quantitative estimate of drug-likeness (QED) is 0.646. The lowest BCUT2D eigenvalue weighted by atomic mass is 10.1. The molecule has 0 radical (unpaired) electrons. The molecule has 0 aromatic carbocycles. The number of carboxylic acid groups (broad SMARTS) is 1. The fraction of sp³-hybridized carbons (Fsp3) is 0.647. The highest BCUT2D eigenvalue weighted by Crippen LogP contribution is 2.21. The molecule has 0 amide bonds. The first-order chi connectivity index (χ1) is 11.4. The monoisotopic (exact) mass is 337 g/mol. The van der Waals surface area contributed by atoms with Crippen LogP contribution in [-0.2, 0) is 23.1 Å². The minimum atomic E-state index is -0.250. The van der Waals surface area contributed by atoms with E-state index in [2.05, 4.69) is 21.4 Å². The zero-order chi connectivity index (χ0) is 17.7. The van der Waals surface area contributed by atoms with Gasteiger partial charge in [-0.15, -0.1) is 0 Å². The summed E-state index contributed by atoms with van der Waals surface area (Å²) in [5.74, 6) is 0.713. The van der Waals surface area contributed by atoms with Gasteiger partial charge in [0.15, 0.2) is 5.78 Å². The molecule has 2 saturated heterocycles. The summed E-state index contributed by atoms with van der Waals surface area (Å²) < 4.78 is 7.90. The molecule has 134 valence electrons. The molecule has 1 N–H and O–H groups in total. The number of ether oxygens (including phenoxy) is 1. The lowest BCUT2D eigenvalue weighted by molar-refractivity contribution is -0.122. The number of carbonyl (C=O) groups is 2. The van der Waals surface area contributed by atoms with Crippen molar-refractivity contribution in [1.82, 2.24) is 14.4 Å². The van der Waals surface area contributed by atoms with Gasteiger partial charge in [-0.1, -0.05) is 0 Å². The van der Waals surface area contributed by atoms with E-state index in [1.807, 2.05) is 19.3 Å². The van der Waals surface area contributed by atoms with Crippen molar-refractivity contribution in [3.8, 4) is 0 Å². The third kappa shape index (κ3) is 4.66. The van der Waals surface area contributed by atoms with Crippen LogP contribution >= 0.6 is 0 Å². The van der Waals surface area contributed by atoms with Gasteiger partial charge < -0.3 is 19.3 Å². The normalized spacial score (nSPS) is 24.6. The molecule has 2 aliphatic rings. The number of aromatic nitrogens is 1. The molecular weight excluding hydrogens is 310 g/mol. The highest BCUT2D eigenvalue weighted by Gasteiger charge is 2.32. The van der Waals surface area contributed by atoms with Crippen LogP contribution in [0.15, 0.2) is 12.3 Å². The molecule has 2 aliphatic heterocycles. The fourth-order valence-electron chi connectivity index (χ4n) is 3.52. The minimum absolute atomic E-state index is 0.134. The maximum atomic E-state index is 11.5. The van der Waals surface area contributed by atoms with E-state index in [9.17, 15) is 4.79 Å². The molecule has 7 heteroatoms. The predicted octanol–water partition coefficient (Wildman–Crippen LogP) is 0.691. The summed E-state index contributed by atoms with van der Waals surface area (Å²) in [5, 5.41) is 6.89. The van der Waals surface area contributed by atoms with Crippen molar-refractivity contribution >= 4 is 12.3 Å². The fourth-order valence-corrected chi connectivity index (χ4v) is 3.52. The van der Waals surface area contributed by atoms with Crippen molar-refractivity contribution in [2.75, 3.05) is 39.9 Å². The van der Waals surface area contributed by atoms with Crippen molar-refractivity contribution in [1.29, 1.82) is 0 Å². The molecular formula is C17H27N3O4. The second-order valence-electron chi connectivity index (χ2n) is 6.70. The van der Waals surface area contributed by atoms with Gasteiger partial charge in [0.2, 0.25) is 0 Å². The predicted molar refractivity (Wildman–Crippen MR) is 90.1 cm³/mol. The summed E-state index contributed by atoms with van der Waals surface area (Å²) in [7, 11) is 4.22. The number of nitrogens with zero attached hydrogens (tertiary/aromatic N) is 3. The molecule has 2 atom stereocenters. The van der Waals surface area contributed by atoms with Crippen LogP contribution in [-0.4, -0.2) is 77.7 Å². The maximum Gasteiger partial charge on any atom is 0.290 e. The number of hydrogen-bond acceptors (Lipinski definition) is 5. The van der Waals surface area contributed by atoms with Gasteiger partial charge in [0.1, 0.15) is 0 Å². The van der Waals surface area contributed by atoms with E-state index in [0.29, 0.717) is 12.0 Å². The second-order valence-corrected chi connectivity index (χ2v) is 6.70. The van der Waals surface area contributed by atoms with Crippen LogP contribution in [0.3, 0.4) is 0 Å². The van der Waals surface area contributed by atoms with Crippen LogP contribution < -0.4 is 0 Å². The molecule has 24 heavy (non-hydrogen) atoms. The van der Waals surface area contributed by atoms with Gasteiger partial charge in [-0.2, -0.15) is 0 Å². The SMILES string of the molecule is CC(=O)c1cc(CN2C[C@H]3COC[C@@H]2CN(C)C3)n(C)c1.O=CO. The van der Waals surface area contributed by atoms with Gasteiger partial charge in [-0.25, -0.2) is 0 Å². The van der Waals surface area contributed by atoms with Gasteiger partial charge in [0.25, 0.3) is 6.47 Å². The molecule has 0 spiro atoms. The van der Waals surface area contributed by atoms with E-state index in [0.717, 1.165) is 45.0 Å². The molecule has 7 nitrogen and oxygen atoms in total. The number of hydrogen-bond donors (Lipinski definition) is 1. The summed E-state index contributed by atoms with van der Waals surface area (Å²) in [6.07, 6.45) is 1.93. The zero-order valence-corrected chi connectivity index (χ0v) is 14.6.